The van der Waals surface area contributed by atoms with Crippen LogP contribution in [0, 0.1) is 0 Å². The van der Waals surface area contributed by atoms with E-state index in [0.717, 1.165) is 5.56 Å². The number of rotatable bonds is 9. The lowest BCUT2D eigenvalue weighted by atomic mass is 10.1. The molecule has 0 radical (unpaired) electrons. The Bertz CT molecular complexity index is 476. The van der Waals surface area contributed by atoms with Crippen molar-refractivity contribution in [2.24, 2.45) is 0 Å². The van der Waals surface area contributed by atoms with Crippen LogP contribution in [-0.4, -0.2) is 37.5 Å². The summed E-state index contributed by atoms with van der Waals surface area (Å²) in [4.78, 5) is 11.9. The molecule has 0 aliphatic heterocycles. The van der Waals surface area contributed by atoms with Gasteiger partial charge in [0.1, 0.15) is 11.5 Å². The number of aliphatic hydroxyl groups excluding tert-OH is 1. The summed E-state index contributed by atoms with van der Waals surface area (Å²) in [5.41, 5.74) is 0.763. The fourth-order valence-electron chi connectivity index (χ4n) is 1.98. The standard InChI is InChI=1S/C17H24O5/c1-5-14(18)7-6-12(2)22-17(19)10-13-8-15(20-3)11-16(9-13)21-4/h5,8-9,11-12,14,18H,1,6-7,10H2,2-4H3/t12-,14?/m1/s1. The first-order chi connectivity index (χ1) is 10.5. The Kier molecular flexibility index (Phi) is 7.46. The van der Waals surface area contributed by atoms with E-state index in [0.29, 0.717) is 24.3 Å². The molecule has 22 heavy (non-hydrogen) atoms. The highest BCUT2D eigenvalue weighted by atomic mass is 16.5. The van der Waals surface area contributed by atoms with Gasteiger partial charge < -0.3 is 19.3 Å². The molecule has 1 N–H and O–H groups in total. The van der Waals surface area contributed by atoms with Gasteiger partial charge in [-0.05, 0) is 37.5 Å². The number of methoxy groups -OCH3 is 2. The average molecular weight is 308 g/mol. The Morgan fingerprint density at radius 1 is 1.23 bits per heavy atom. The van der Waals surface area contributed by atoms with Crippen molar-refractivity contribution in [3.05, 3.63) is 36.4 Å². The topological polar surface area (TPSA) is 65.0 Å². The molecule has 1 aromatic rings. The van der Waals surface area contributed by atoms with E-state index in [2.05, 4.69) is 6.58 Å². The summed E-state index contributed by atoms with van der Waals surface area (Å²) in [5, 5.41) is 9.41. The van der Waals surface area contributed by atoms with Gasteiger partial charge in [-0.3, -0.25) is 4.79 Å². The van der Waals surface area contributed by atoms with E-state index in [4.69, 9.17) is 14.2 Å². The van der Waals surface area contributed by atoms with Gasteiger partial charge in [0.25, 0.3) is 0 Å². The second-order valence-electron chi connectivity index (χ2n) is 5.08. The summed E-state index contributed by atoms with van der Waals surface area (Å²) in [6, 6.07) is 5.29. The molecule has 2 atom stereocenters. The Balaban J connectivity index is 2.55. The SMILES string of the molecule is C=CC(O)CC[C@@H](C)OC(=O)Cc1cc(OC)cc(OC)c1. The molecule has 0 heterocycles. The molecule has 1 rings (SSSR count). The van der Waals surface area contributed by atoms with Crippen LogP contribution < -0.4 is 9.47 Å². The van der Waals surface area contributed by atoms with E-state index in [1.54, 1.807) is 39.3 Å². The molecule has 0 saturated heterocycles. The molecular formula is C17H24O5. The molecule has 1 aromatic carbocycles. The molecule has 0 saturated carbocycles. The summed E-state index contributed by atoms with van der Waals surface area (Å²) in [6.45, 7) is 5.31. The van der Waals surface area contributed by atoms with E-state index in [1.165, 1.54) is 6.08 Å². The second kappa shape index (κ2) is 9.10. The zero-order valence-corrected chi connectivity index (χ0v) is 13.4. The van der Waals surface area contributed by atoms with Gasteiger partial charge in [0.2, 0.25) is 0 Å². The maximum atomic E-state index is 11.9. The minimum absolute atomic E-state index is 0.141. The monoisotopic (exact) mass is 308 g/mol. The highest BCUT2D eigenvalue weighted by molar-refractivity contribution is 5.73. The number of carbonyl (C=O) groups is 1. The molecule has 0 fully saturated rings. The highest BCUT2D eigenvalue weighted by Gasteiger charge is 2.13. The van der Waals surface area contributed by atoms with Crippen molar-refractivity contribution in [3.8, 4) is 11.5 Å². The third-order valence-electron chi connectivity index (χ3n) is 3.23. The van der Waals surface area contributed by atoms with E-state index in [9.17, 15) is 9.90 Å². The third kappa shape index (κ3) is 6.18. The van der Waals surface area contributed by atoms with Crippen LogP contribution in [0.2, 0.25) is 0 Å². The Hall–Kier alpha value is -2.01. The van der Waals surface area contributed by atoms with E-state index < -0.39 is 6.10 Å². The lowest BCUT2D eigenvalue weighted by Crippen LogP contribution is -2.18. The average Bonchev–Trinajstić information content (AvgIpc) is 2.51. The maximum Gasteiger partial charge on any atom is 0.310 e. The maximum absolute atomic E-state index is 11.9. The fourth-order valence-corrected chi connectivity index (χ4v) is 1.98. The van der Waals surface area contributed by atoms with Gasteiger partial charge in [-0.1, -0.05) is 6.08 Å². The van der Waals surface area contributed by atoms with Gasteiger partial charge in [-0.15, -0.1) is 6.58 Å². The van der Waals surface area contributed by atoms with Gasteiger partial charge in [-0.2, -0.15) is 0 Å². The van der Waals surface area contributed by atoms with Crippen LogP contribution in [0.4, 0.5) is 0 Å². The van der Waals surface area contributed by atoms with Crippen LogP contribution in [0.25, 0.3) is 0 Å². The zero-order chi connectivity index (χ0) is 16.5. The van der Waals surface area contributed by atoms with Crippen LogP contribution in [0.5, 0.6) is 11.5 Å². The second-order valence-corrected chi connectivity index (χ2v) is 5.08. The zero-order valence-electron chi connectivity index (χ0n) is 13.4. The van der Waals surface area contributed by atoms with Crippen LogP contribution in [-0.2, 0) is 16.0 Å². The van der Waals surface area contributed by atoms with Crippen molar-refractivity contribution in [2.75, 3.05) is 14.2 Å². The fraction of sp³-hybridized carbons (Fsp3) is 0.471. The molecular weight excluding hydrogens is 284 g/mol. The van der Waals surface area contributed by atoms with Crippen molar-refractivity contribution in [1.29, 1.82) is 0 Å². The van der Waals surface area contributed by atoms with Crippen LogP contribution in [0.15, 0.2) is 30.9 Å². The summed E-state index contributed by atoms with van der Waals surface area (Å²) in [6.07, 6.45) is 1.89. The van der Waals surface area contributed by atoms with E-state index in [-0.39, 0.29) is 18.5 Å². The van der Waals surface area contributed by atoms with E-state index >= 15 is 0 Å². The molecule has 0 amide bonds. The molecule has 0 aliphatic rings. The number of benzene rings is 1. The first kappa shape index (κ1) is 18.0. The minimum atomic E-state index is -0.566. The van der Waals surface area contributed by atoms with Gasteiger partial charge >= 0.3 is 5.97 Å². The van der Waals surface area contributed by atoms with Gasteiger partial charge in [0.15, 0.2) is 0 Å². The smallest absolute Gasteiger partial charge is 0.310 e. The predicted molar refractivity (Wildman–Crippen MR) is 84.2 cm³/mol. The van der Waals surface area contributed by atoms with Gasteiger partial charge in [-0.25, -0.2) is 0 Å². The number of hydrogen-bond donors (Lipinski definition) is 1. The Morgan fingerprint density at radius 3 is 2.32 bits per heavy atom. The van der Waals surface area contributed by atoms with Gasteiger partial charge in [0, 0.05) is 6.07 Å². The summed E-state index contributed by atoms with van der Waals surface area (Å²) in [7, 11) is 3.12. The molecule has 0 aromatic heterocycles. The first-order valence-electron chi connectivity index (χ1n) is 7.20. The van der Waals surface area contributed by atoms with Crippen molar-refractivity contribution >= 4 is 5.97 Å². The molecule has 0 aliphatic carbocycles. The molecule has 1 unspecified atom stereocenters. The predicted octanol–water partition coefficient (Wildman–Crippen LogP) is 2.51. The van der Waals surface area contributed by atoms with Crippen molar-refractivity contribution in [2.45, 2.75) is 38.4 Å². The lowest BCUT2D eigenvalue weighted by Gasteiger charge is -2.15. The normalized spacial score (nSPS) is 13.1. The lowest BCUT2D eigenvalue weighted by molar-refractivity contribution is -0.147. The van der Waals surface area contributed by atoms with Crippen LogP contribution in [0.3, 0.4) is 0 Å². The quantitative estimate of drug-likeness (QED) is 0.561. The van der Waals surface area contributed by atoms with Crippen LogP contribution in [0.1, 0.15) is 25.3 Å². The van der Waals surface area contributed by atoms with E-state index in [1.807, 2.05) is 0 Å². The van der Waals surface area contributed by atoms with Crippen LogP contribution >= 0.6 is 0 Å². The molecule has 122 valence electrons. The Labute approximate surface area is 131 Å². The number of ether oxygens (including phenoxy) is 3. The summed E-state index contributed by atoms with van der Waals surface area (Å²) < 4.78 is 15.7. The number of aliphatic hydroxyl groups is 1. The number of hydrogen-bond acceptors (Lipinski definition) is 5. The highest BCUT2D eigenvalue weighted by Crippen LogP contribution is 2.23. The first-order valence-corrected chi connectivity index (χ1v) is 7.20. The van der Waals surface area contributed by atoms with Gasteiger partial charge in [0.05, 0.1) is 32.8 Å². The summed E-state index contributed by atoms with van der Waals surface area (Å²) in [5.74, 6) is 0.935. The molecule has 5 nitrogen and oxygen atoms in total. The molecule has 0 bridgehead atoms. The largest absolute Gasteiger partial charge is 0.497 e. The van der Waals surface area contributed by atoms with Crippen molar-refractivity contribution in [1.82, 2.24) is 0 Å². The van der Waals surface area contributed by atoms with Crippen molar-refractivity contribution < 1.29 is 24.1 Å². The molecule has 0 spiro atoms. The minimum Gasteiger partial charge on any atom is -0.497 e. The summed E-state index contributed by atoms with van der Waals surface area (Å²) >= 11 is 0. The number of carbonyl (C=O) groups excluding carboxylic acids is 1. The third-order valence-corrected chi connectivity index (χ3v) is 3.23. The number of esters is 1. The Morgan fingerprint density at radius 2 is 1.82 bits per heavy atom. The molecule has 5 heteroatoms. The van der Waals surface area contributed by atoms with Crippen molar-refractivity contribution in [3.63, 3.8) is 0 Å².